The maximum absolute atomic E-state index is 12.4. The fourth-order valence-corrected chi connectivity index (χ4v) is 2.29. The summed E-state index contributed by atoms with van der Waals surface area (Å²) in [5.41, 5.74) is 1.68. The lowest BCUT2D eigenvalue weighted by atomic mass is 10.1. The molecule has 0 aliphatic carbocycles. The van der Waals surface area contributed by atoms with Gasteiger partial charge in [0.05, 0.1) is 0 Å². The van der Waals surface area contributed by atoms with Crippen LogP contribution in [0.15, 0.2) is 60.7 Å². The van der Waals surface area contributed by atoms with Crippen LogP contribution in [0.5, 0.6) is 0 Å². The first kappa shape index (κ1) is 20.2. The quantitative estimate of drug-likeness (QED) is 0.723. The Labute approximate surface area is 158 Å². The van der Waals surface area contributed by atoms with Gasteiger partial charge in [0.2, 0.25) is 0 Å². The van der Waals surface area contributed by atoms with E-state index in [1.54, 1.807) is 0 Å². The van der Waals surface area contributed by atoms with E-state index in [-0.39, 0.29) is 18.8 Å². The van der Waals surface area contributed by atoms with Gasteiger partial charge in [-0.2, -0.15) is 0 Å². The van der Waals surface area contributed by atoms with Crippen molar-refractivity contribution in [2.45, 2.75) is 39.0 Å². The first-order valence-corrected chi connectivity index (χ1v) is 8.68. The number of benzene rings is 2. The molecule has 0 aliphatic rings. The monoisotopic (exact) mass is 369 g/mol. The van der Waals surface area contributed by atoms with Gasteiger partial charge >= 0.3 is 12.1 Å². The van der Waals surface area contributed by atoms with E-state index in [0.29, 0.717) is 0 Å². The topological polar surface area (TPSA) is 81.7 Å². The van der Waals surface area contributed by atoms with Crippen molar-refractivity contribution in [2.75, 3.05) is 0 Å². The van der Waals surface area contributed by atoms with E-state index in [1.165, 1.54) is 13.8 Å². The largest absolute Gasteiger partial charge is 0.453 e. The Morgan fingerprint density at radius 3 is 2.04 bits per heavy atom. The number of nitrogens with one attached hydrogen (secondary N) is 1. The van der Waals surface area contributed by atoms with Crippen LogP contribution in [-0.4, -0.2) is 30.0 Å². The Kier molecular flexibility index (Phi) is 7.55. The lowest BCUT2D eigenvalue weighted by molar-refractivity contribution is -0.155. The molecule has 0 aliphatic heterocycles. The highest BCUT2D eigenvalue weighted by Crippen LogP contribution is 2.08. The number of carbonyl (C=O) groups is 3. The van der Waals surface area contributed by atoms with Crippen LogP contribution in [0.3, 0.4) is 0 Å². The third-order valence-corrected chi connectivity index (χ3v) is 3.94. The number of ketones is 1. The minimum atomic E-state index is -0.961. The highest BCUT2D eigenvalue weighted by atomic mass is 16.6. The van der Waals surface area contributed by atoms with Gasteiger partial charge in [-0.15, -0.1) is 0 Å². The van der Waals surface area contributed by atoms with Gasteiger partial charge < -0.3 is 14.8 Å². The molecule has 6 nitrogen and oxygen atoms in total. The fourth-order valence-electron chi connectivity index (χ4n) is 2.29. The summed E-state index contributed by atoms with van der Waals surface area (Å²) in [4.78, 5) is 35.9. The smallest absolute Gasteiger partial charge is 0.408 e. The van der Waals surface area contributed by atoms with Crippen molar-refractivity contribution in [1.82, 2.24) is 5.32 Å². The second-order valence-electron chi connectivity index (χ2n) is 6.14. The molecule has 1 amide bonds. The standard InChI is InChI=1S/C21H23NO5/c1-15(23)16(2)27-20(24)19(13-17-9-5-3-6-10-17)22-21(25)26-14-18-11-7-4-8-12-18/h3-12,16,19H,13-14H2,1-2H3,(H,22,25). The third kappa shape index (κ3) is 6.93. The average Bonchev–Trinajstić information content (AvgIpc) is 2.67. The number of hydrogen-bond donors (Lipinski definition) is 1. The molecule has 2 aromatic carbocycles. The molecule has 2 rings (SSSR count). The molecule has 0 saturated carbocycles. The van der Waals surface area contributed by atoms with Crippen molar-refractivity contribution in [3.8, 4) is 0 Å². The van der Waals surface area contributed by atoms with E-state index >= 15 is 0 Å². The number of esters is 1. The van der Waals surface area contributed by atoms with Gasteiger partial charge in [-0.25, -0.2) is 9.59 Å². The summed E-state index contributed by atoms with van der Waals surface area (Å²) in [7, 11) is 0. The van der Waals surface area contributed by atoms with E-state index in [4.69, 9.17) is 9.47 Å². The van der Waals surface area contributed by atoms with Crippen molar-refractivity contribution < 1.29 is 23.9 Å². The Bertz CT molecular complexity index is 761. The van der Waals surface area contributed by atoms with Crippen LogP contribution >= 0.6 is 0 Å². The van der Waals surface area contributed by atoms with Gasteiger partial charge in [0.1, 0.15) is 12.6 Å². The molecule has 27 heavy (non-hydrogen) atoms. The summed E-state index contributed by atoms with van der Waals surface area (Å²) in [6.07, 6.45) is -1.38. The number of hydrogen-bond acceptors (Lipinski definition) is 5. The summed E-state index contributed by atoms with van der Waals surface area (Å²) < 4.78 is 10.3. The van der Waals surface area contributed by atoms with E-state index in [9.17, 15) is 14.4 Å². The molecule has 0 heterocycles. The molecule has 2 atom stereocenters. The Balaban J connectivity index is 2.00. The van der Waals surface area contributed by atoms with Crippen molar-refractivity contribution >= 4 is 17.8 Å². The zero-order chi connectivity index (χ0) is 19.6. The van der Waals surface area contributed by atoms with E-state index in [2.05, 4.69) is 5.32 Å². The third-order valence-electron chi connectivity index (χ3n) is 3.94. The van der Waals surface area contributed by atoms with Crippen LogP contribution in [0.2, 0.25) is 0 Å². The molecule has 0 radical (unpaired) electrons. The lowest BCUT2D eigenvalue weighted by Crippen LogP contribution is -2.45. The van der Waals surface area contributed by atoms with E-state index in [1.807, 2.05) is 60.7 Å². The molecule has 142 valence electrons. The van der Waals surface area contributed by atoms with Crippen LogP contribution in [-0.2, 0) is 32.1 Å². The summed E-state index contributed by atoms with van der Waals surface area (Å²) >= 11 is 0. The summed E-state index contributed by atoms with van der Waals surface area (Å²) in [5.74, 6) is -0.952. The second kappa shape index (κ2) is 10.1. The Hall–Kier alpha value is -3.15. The molecule has 6 heteroatoms. The number of carbonyl (C=O) groups excluding carboxylic acids is 3. The first-order chi connectivity index (χ1) is 13.0. The normalized spacial score (nSPS) is 12.5. The van der Waals surface area contributed by atoms with Gasteiger partial charge in [0.25, 0.3) is 0 Å². The predicted molar refractivity (Wildman–Crippen MR) is 99.9 cm³/mol. The molecule has 2 aromatic rings. The number of ether oxygens (including phenoxy) is 2. The van der Waals surface area contributed by atoms with Crippen molar-refractivity contribution in [3.05, 3.63) is 71.8 Å². The lowest BCUT2D eigenvalue weighted by Gasteiger charge is -2.19. The summed E-state index contributed by atoms with van der Waals surface area (Å²) in [6.45, 7) is 2.92. The van der Waals surface area contributed by atoms with Gasteiger partial charge in [-0.05, 0) is 25.0 Å². The van der Waals surface area contributed by atoms with Crippen molar-refractivity contribution in [3.63, 3.8) is 0 Å². The molecule has 0 saturated heterocycles. The Morgan fingerprint density at radius 1 is 0.926 bits per heavy atom. The van der Waals surface area contributed by atoms with Crippen LogP contribution in [0, 0.1) is 0 Å². The van der Waals surface area contributed by atoms with E-state index < -0.39 is 24.2 Å². The SMILES string of the molecule is CC(=O)C(C)OC(=O)C(Cc1ccccc1)NC(=O)OCc1ccccc1. The molecule has 0 fully saturated rings. The van der Waals surface area contributed by atoms with Crippen molar-refractivity contribution in [1.29, 1.82) is 0 Å². The van der Waals surface area contributed by atoms with Crippen molar-refractivity contribution in [2.24, 2.45) is 0 Å². The summed E-state index contributed by atoms with van der Waals surface area (Å²) in [5, 5.41) is 2.53. The minimum absolute atomic E-state index is 0.0869. The average molecular weight is 369 g/mol. The fraction of sp³-hybridized carbons (Fsp3) is 0.286. The summed E-state index contributed by atoms with van der Waals surface area (Å²) in [6, 6.07) is 17.5. The highest BCUT2D eigenvalue weighted by Gasteiger charge is 2.26. The zero-order valence-electron chi connectivity index (χ0n) is 15.4. The predicted octanol–water partition coefficient (Wildman–Crippen LogP) is 3.04. The van der Waals surface area contributed by atoms with Crippen LogP contribution in [0.25, 0.3) is 0 Å². The highest BCUT2D eigenvalue weighted by molar-refractivity contribution is 5.86. The minimum Gasteiger partial charge on any atom is -0.453 e. The van der Waals surface area contributed by atoms with Gasteiger partial charge in [-0.1, -0.05) is 60.7 Å². The molecule has 0 bridgehead atoms. The van der Waals surface area contributed by atoms with Gasteiger partial charge in [0, 0.05) is 6.42 Å². The molecule has 2 unspecified atom stereocenters. The Morgan fingerprint density at radius 2 is 1.48 bits per heavy atom. The van der Waals surface area contributed by atoms with Crippen LogP contribution < -0.4 is 5.32 Å². The van der Waals surface area contributed by atoms with Gasteiger partial charge in [0.15, 0.2) is 11.9 Å². The number of amides is 1. The first-order valence-electron chi connectivity index (χ1n) is 8.68. The van der Waals surface area contributed by atoms with Crippen LogP contribution in [0.4, 0.5) is 4.79 Å². The maximum Gasteiger partial charge on any atom is 0.408 e. The number of alkyl carbamates (subject to hydrolysis) is 1. The number of Topliss-reactive ketones (excluding diaryl/α,β-unsaturated/α-hetero) is 1. The number of rotatable bonds is 8. The second-order valence-corrected chi connectivity index (χ2v) is 6.14. The molecule has 0 aromatic heterocycles. The zero-order valence-corrected chi connectivity index (χ0v) is 15.4. The van der Waals surface area contributed by atoms with Gasteiger partial charge in [-0.3, -0.25) is 4.79 Å². The molecule has 1 N–H and O–H groups in total. The molecule has 0 spiro atoms. The maximum atomic E-state index is 12.4. The molecular weight excluding hydrogens is 346 g/mol. The van der Waals surface area contributed by atoms with E-state index in [0.717, 1.165) is 11.1 Å². The molecular formula is C21H23NO5. The van der Waals surface area contributed by atoms with Crippen LogP contribution in [0.1, 0.15) is 25.0 Å².